The number of furan rings is 1. The third-order valence-corrected chi connectivity index (χ3v) is 5.20. The van der Waals surface area contributed by atoms with E-state index in [0.29, 0.717) is 30.0 Å². The molecule has 0 bridgehead atoms. The largest absolute Gasteiger partial charge is 0.465 e. The molecule has 3 amide bonds. The van der Waals surface area contributed by atoms with E-state index in [0.717, 1.165) is 17.7 Å². The van der Waals surface area contributed by atoms with Crippen molar-refractivity contribution in [3.63, 3.8) is 0 Å². The maximum Gasteiger partial charge on any atom is 0.272 e. The van der Waals surface area contributed by atoms with Gasteiger partial charge >= 0.3 is 0 Å². The topological polar surface area (TPSA) is 91.7 Å². The number of nitrogens with zero attached hydrogens (tertiary/aromatic N) is 1. The standard InChI is InChI=1S/C25H23N3O4/c1-17-7-2-3-11-21(17)24(30)27-22(16-20-10-6-14-32-20)25(31)26-18-8-4-9-19(15-18)28-13-5-12-23(28)29/h2-4,6-11,14-16H,5,12-13H2,1H3,(H,26,31)(H,27,30)/b22-16-. The predicted molar refractivity (Wildman–Crippen MR) is 122 cm³/mol. The molecule has 1 fully saturated rings. The first-order valence-electron chi connectivity index (χ1n) is 10.4. The third kappa shape index (κ3) is 4.78. The summed E-state index contributed by atoms with van der Waals surface area (Å²) >= 11 is 0. The Labute approximate surface area is 185 Å². The number of carbonyl (C=O) groups is 3. The van der Waals surface area contributed by atoms with E-state index in [4.69, 9.17) is 4.42 Å². The minimum atomic E-state index is -0.506. The fraction of sp³-hybridized carbons (Fsp3) is 0.160. The molecule has 7 heteroatoms. The van der Waals surface area contributed by atoms with Crippen LogP contribution in [0.25, 0.3) is 6.08 Å². The summed E-state index contributed by atoms with van der Waals surface area (Å²) in [6.07, 6.45) is 4.30. The smallest absolute Gasteiger partial charge is 0.272 e. The predicted octanol–water partition coefficient (Wildman–Crippen LogP) is 4.12. The van der Waals surface area contributed by atoms with E-state index in [2.05, 4.69) is 10.6 Å². The Morgan fingerprint density at radius 3 is 2.62 bits per heavy atom. The maximum absolute atomic E-state index is 13.1. The van der Waals surface area contributed by atoms with E-state index < -0.39 is 11.8 Å². The summed E-state index contributed by atoms with van der Waals surface area (Å²) < 4.78 is 5.32. The first-order valence-corrected chi connectivity index (χ1v) is 10.4. The highest BCUT2D eigenvalue weighted by atomic mass is 16.3. The van der Waals surface area contributed by atoms with E-state index in [1.54, 1.807) is 47.4 Å². The quantitative estimate of drug-likeness (QED) is 0.577. The number of rotatable bonds is 6. The van der Waals surface area contributed by atoms with Gasteiger partial charge in [-0.1, -0.05) is 24.3 Å². The molecule has 0 aliphatic carbocycles. The summed E-state index contributed by atoms with van der Waals surface area (Å²) in [5.74, 6) is -0.408. The zero-order valence-electron chi connectivity index (χ0n) is 17.6. The number of amides is 3. The Balaban J connectivity index is 1.57. The first-order chi connectivity index (χ1) is 15.5. The van der Waals surface area contributed by atoms with Crippen molar-refractivity contribution in [2.75, 3.05) is 16.8 Å². The van der Waals surface area contributed by atoms with Crippen LogP contribution in [0.15, 0.2) is 77.0 Å². The second-order valence-electron chi connectivity index (χ2n) is 7.50. The SMILES string of the molecule is Cc1ccccc1C(=O)N/C(=C\c1ccco1)C(=O)Nc1cccc(N2CCCC2=O)c1. The number of benzene rings is 2. The van der Waals surface area contributed by atoms with Gasteiger partial charge < -0.3 is 20.0 Å². The van der Waals surface area contributed by atoms with Crippen LogP contribution in [0.4, 0.5) is 11.4 Å². The Kier molecular flexibility index (Phi) is 6.17. The lowest BCUT2D eigenvalue weighted by Gasteiger charge is -2.17. The van der Waals surface area contributed by atoms with Crippen molar-refractivity contribution in [3.8, 4) is 0 Å². The summed E-state index contributed by atoms with van der Waals surface area (Å²) in [5, 5.41) is 5.50. The molecule has 0 unspecified atom stereocenters. The molecule has 3 aromatic rings. The summed E-state index contributed by atoms with van der Waals surface area (Å²) in [5.41, 5.74) is 2.55. The van der Waals surface area contributed by atoms with Gasteiger partial charge in [-0.05, 0) is 55.3 Å². The molecule has 7 nitrogen and oxygen atoms in total. The van der Waals surface area contributed by atoms with Gasteiger partial charge in [0.15, 0.2) is 0 Å². The van der Waals surface area contributed by atoms with Crippen LogP contribution in [-0.2, 0) is 9.59 Å². The molecule has 1 saturated heterocycles. The molecule has 1 aliphatic heterocycles. The molecule has 4 rings (SSSR count). The third-order valence-electron chi connectivity index (χ3n) is 5.20. The van der Waals surface area contributed by atoms with Crippen molar-refractivity contribution in [1.82, 2.24) is 5.32 Å². The molecule has 0 saturated carbocycles. The molecular formula is C25H23N3O4. The summed E-state index contributed by atoms with van der Waals surface area (Å²) in [7, 11) is 0. The lowest BCUT2D eigenvalue weighted by molar-refractivity contribution is -0.117. The van der Waals surface area contributed by atoms with Crippen LogP contribution in [0.5, 0.6) is 0 Å². The molecular weight excluding hydrogens is 406 g/mol. The van der Waals surface area contributed by atoms with Crippen LogP contribution in [0.1, 0.15) is 34.5 Å². The van der Waals surface area contributed by atoms with Gasteiger partial charge in [0.2, 0.25) is 5.91 Å². The highest BCUT2D eigenvalue weighted by Gasteiger charge is 2.22. The lowest BCUT2D eigenvalue weighted by atomic mass is 10.1. The average Bonchev–Trinajstić information content (AvgIpc) is 3.45. The van der Waals surface area contributed by atoms with Crippen LogP contribution < -0.4 is 15.5 Å². The van der Waals surface area contributed by atoms with Gasteiger partial charge in [-0.3, -0.25) is 14.4 Å². The Morgan fingerprint density at radius 1 is 1.06 bits per heavy atom. The fourth-order valence-corrected chi connectivity index (χ4v) is 3.56. The summed E-state index contributed by atoms with van der Waals surface area (Å²) in [6, 6.07) is 17.6. The van der Waals surface area contributed by atoms with E-state index in [1.165, 1.54) is 12.3 Å². The second-order valence-corrected chi connectivity index (χ2v) is 7.50. The monoisotopic (exact) mass is 429 g/mol. The second kappa shape index (κ2) is 9.34. The van der Waals surface area contributed by atoms with Crippen molar-refractivity contribution in [2.45, 2.75) is 19.8 Å². The van der Waals surface area contributed by atoms with Crippen LogP contribution in [0.2, 0.25) is 0 Å². The zero-order valence-corrected chi connectivity index (χ0v) is 17.6. The summed E-state index contributed by atoms with van der Waals surface area (Å²) in [4.78, 5) is 39.6. The zero-order chi connectivity index (χ0) is 22.5. The molecule has 0 spiro atoms. The van der Waals surface area contributed by atoms with Crippen molar-refractivity contribution >= 4 is 35.2 Å². The minimum Gasteiger partial charge on any atom is -0.465 e. The van der Waals surface area contributed by atoms with Gasteiger partial charge in [0.05, 0.1) is 6.26 Å². The van der Waals surface area contributed by atoms with Gasteiger partial charge in [0.25, 0.3) is 11.8 Å². The Morgan fingerprint density at radius 2 is 1.91 bits per heavy atom. The molecule has 2 N–H and O–H groups in total. The highest BCUT2D eigenvalue weighted by molar-refractivity contribution is 6.11. The molecule has 0 atom stereocenters. The van der Waals surface area contributed by atoms with Crippen LogP contribution >= 0.6 is 0 Å². The van der Waals surface area contributed by atoms with Crippen LogP contribution in [-0.4, -0.2) is 24.3 Å². The van der Waals surface area contributed by atoms with Crippen molar-refractivity contribution in [1.29, 1.82) is 0 Å². The lowest BCUT2D eigenvalue weighted by Crippen LogP contribution is -2.31. The molecule has 2 heterocycles. The van der Waals surface area contributed by atoms with Gasteiger partial charge in [0, 0.05) is 36.0 Å². The molecule has 32 heavy (non-hydrogen) atoms. The molecule has 1 aliphatic rings. The van der Waals surface area contributed by atoms with Crippen LogP contribution in [0, 0.1) is 6.92 Å². The van der Waals surface area contributed by atoms with Gasteiger partial charge in [-0.2, -0.15) is 0 Å². The Hall–Kier alpha value is -4.13. The maximum atomic E-state index is 13.1. The van der Waals surface area contributed by atoms with Crippen molar-refractivity contribution in [2.24, 2.45) is 0 Å². The number of hydrogen-bond donors (Lipinski definition) is 2. The van der Waals surface area contributed by atoms with Crippen molar-refractivity contribution < 1.29 is 18.8 Å². The minimum absolute atomic E-state index is 0.0378. The van der Waals surface area contributed by atoms with Gasteiger partial charge in [-0.25, -0.2) is 0 Å². The number of anilines is 2. The average molecular weight is 429 g/mol. The number of carbonyl (C=O) groups excluding carboxylic acids is 3. The van der Waals surface area contributed by atoms with Gasteiger partial charge in [-0.15, -0.1) is 0 Å². The summed E-state index contributed by atoms with van der Waals surface area (Å²) in [6.45, 7) is 2.49. The first kappa shape index (κ1) is 21.1. The van der Waals surface area contributed by atoms with Crippen LogP contribution in [0.3, 0.4) is 0 Å². The molecule has 1 aromatic heterocycles. The number of nitrogens with one attached hydrogen (secondary N) is 2. The molecule has 162 valence electrons. The van der Waals surface area contributed by atoms with E-state index >= 15 is 0 Å². The molecule has 0 radical (unpaired) electrons. The number of aryl methyl sites for hydroxylation is 1. The fourth-order valence-electron chi connectivity index (χ4n) is 3.56. The Bertz CT molecular complexity index is 1180. The number of hydrogen-bond acceptors (Lipinski definition) is 4. The molecule has 2 aromatic carbocycles. The van der Waals surface area contributed by atoms with E-state index in [9.17, 15) is 14.4 Å². The van der Waals surface area contributed by atoms with Crippen molar-refractivity contribution in [3.05, 3.63) is 89.5 Å². The normalized spacial score (nSPS) is 13.8. The van der Waals surface area contributed by atoms with Gasteiger partial charge in [0.1, 0.15) is 11.5 Å². The highest BCUT2D eigenvalue weighted by Crippen LogP contribution is 2.24. The van der Waals surface area contributed by atoms with E-state index in [1.807, 2.05) is 25.1 Å². The van der Waals surface area contributed by atoms with E-state index in [-0.39, 0.29) is 11.6 Å².